The van der Waals surface area contributed by atoms with Crippen molar-refractivity contribution in [2.24, 2.45) is 5.92 Å². The fraction of sp³-hybridized carbons (Fsp3) is 1.00. The second kappa shape index (κ2) is 9.05. The van der Waals surface area contributed by atoms with Crippen LogP contribution in [0.1, 0.15) is 13.8 Å². The molecule has 0 aliphatic carbocycles. The van der Waals surface area contributed by atoms with Crippen molar-refractivity contribution in [2.75, 3.05) is 72.2 Å². The number of hydrogen-bond donors (Lipinski definition) is 1. The lowest BCUT2D eigenvalue weighted by molar-refractivity contribution is 0.251. The standard InChI is InChI=1S/C14H32N4O2S/c1-14(2)13-18(10-9-16(3)4)21(19,20)12-11-17-7-5-15-6-8-17/h14-15H,5-13H2,1-4H3. The van der Waals surface area contributed by atoms with Crippen molar-refractivity contribution in [1.29, 1.82) is 0 Å². The van der Waals surface area contributed by atoms with Crippen LogP contribution in [0.3, 0.4) is 0 Å². The number of likely N-dealkylation sites (N-methyl/N-ethyl adjacent to an activating group) is 1. The predicted molar refractivity (Wildman–Crippen MR) is 88.1 cm³/mol. The van der Waals surface area contributed by atoms with Crippen LogP contribution in [0.4, 0.5) is 0 Å². The number of nitrogens with one attached hydrogen (secondary N) is 1. The Kier molecular flexibility index (Phi) is 8.12. The third kappa shape index (κ3) is 7.56. The number of nitrogens with zero attached hydrogens (tertiary/aromatic N) is 3. The average Bonchev–Trinajstić information content (AvgIpc) is 2.42. The number of rotatable bonds is 9. The molecule has 1 rings (SSSR count). The summed E-state index contributed by atoms with van der Waals surface area (Å²) in [5.74, 6) is 0.578. The third-order valence-corrected chi connectivity index (χ3v) is 5.45. The molecule has 0 unspecified atom stereocenters. The molecule has 1 heterocycles. The molecular formula is C14H32N4O2S. The molecule has 0 aromatic rings. The van der Waals surface area contributed by atoms with E-state index >= 15 is 0 Å². The van der Waals surface area contributed by atoms with E-state index in [1.807, 2.05) is 19.0 Å². The third-order valence-electron chi connectivity index (χ3n) is 3.63. The highest BCUT2D eigenvalue weighted by Crippen LogP contribution is 2.08. The van der Waals surface area contributed by atoms with Crippen LogP contribution < -0.4 is 5.32 Å². The molecule has 6 nitrogen and oxygen atoms in total. The van der Waals surface area contributed by atoms with E-state index in [1.165, 1.54) is 0 Å². The lowest BCUT2D eigenvalue weighted by Crippen LogP contribution is -2.47. The first-order valence-corrected chi connectivity index (χ1v) is 9.48. The molecule has 1 aliphatic rings. The van der Waals surface area contributed by atoms with Crippen molar-refractivity contribution < 1.29 is 8.42 Å². The summed E-state index contributed by atoms with van der Waals surface area (Å²) in [5, 5.41) is 3.29. The maximum atomic E-state index is 12.6. The van der Waals surface area contributed by atoms with Crippen molar-refractivity contribution in [3.05, 3.63) is 0 Å². The van der Waals surface area contributed by atoms with Gasteiger partial charge in [-0.2, -0.15) is 0 Å². The topological polar surface area (TPSA) is 55.9 Å². The highest BCUT2D eigenvalue weighted by molar-refractivity contribution is 7.89. The summed E-state index contributed by atoms with van der Waals surface area (Å²) < 4.78 is 26.8. The average molecular weight is 321 g/mol. The minimum absolute atomic E-state index is 0.229. The summed E-state index contributed by atoms with van der Waals surface area (Å²) in [6.45, 7) is 10.5. The molecule has 21 heavy (non-hydrogen) atoms. The lowest BCUT2D eigenvalue weighted by atomic mass is 10.2. The van der Waals surface area contributed by atoms with Gasteiger partial charge in [-0.05, 0) is 20.0 Å². The molecule has 0 amide bonds. The molecule has 1 fully saturated rings. The summed E-state index contributed by atoms with van der Waals surface area (Å²) in [6, 6.07) is 0. The van der Waals surface area contributed by atoms with Crippen molar-refractivity contribution in [1.82, 2.24) is 19.4 Å². The highest BCUT2D eigenvalue weighted by Gasteiger charge is 2.24. The molecular weight excluding hydrogens is 288 g/mol. The monoisotopic (exact) mass is 320 g/mol. The molecule has 0 saturated carbocycles. The van der Waals surface area contributed by atoms with E-state index in [1.54, 1.807) is 4.31 Å². The normalized spacial score (nSPS) is 18.0. The molecule has 1 aliphatic heterocycles. The van der Waals surface area contributed by atoms with E-state index in [4.69, 9.17) is 0 Å². The Bertz CT molecular complexity index is 378. The molecule has 7 heteroatoms. The molecule has 0 spiro atoms. The van der Waals surface area contributed by atoms with Gasteiger partial charge >= 0.3 is 0 Å². The maximum Gasteiger partial charge on any atom is 0.215 e. The van der Waals surface area contributed by atoms with Gasteiger partial charge < -0.3 is 10.2 Å². The Hall–Kier alpha value is -0.210. The molecule has 0 aromatic heterocycles. The Labute approximate surface area is 130 Å². The molecule has 1 N–H and O–H groups in total. The van der Waals surface area contributed by atoms with E-state index in [2.05, 4.69) is 24.1 Å². The predicted octanol–water partition coefficient (Wildman–Crippen LogP) is -0.259. The van der Waals surface area contributed by atoms with Crippen molar-refractivity contribution >= 4 is 10.0 Å². The smallest absolute Gasteiger partial charge is 0.215 e. The van der Waals surface area contributed by atoms with E-state index in [9.17, 15) is 8.42 Å². The van der Waals surface area contributed by atoms with Crippen LogP contribution in [0.25, 0.3) is 0 Å². The molecule has 0 bridgehead atoms. The summed E-state index contributed by atoms with van der Waals surface area (Å²) in [5.41, 5.74) is 0. The molecule has 0 atom stereocenters. The zero-order chi connectivity index (χ0) is 15.9. The van der Waals surface area contributed by atoms with Gasteiger partial charge in [0, 0.05) is 52.4 Å². The highest BCUT2D eigenvalue weighted by atomic mass is 32.2. The number of piperazine rings is 1. The summed E-state index contributed by atoms with van der Waals surface area (Å²) >= 11 is 0. The van der Waals surface area contributed by atoms with Gasteiger partial charge in [-0.3, -0.25) is 4.90 Å². The first-order chi connectivity index (χ1) is 9.81. The Morgan fingerprint density at radius 1 is 1.14 bits per heavy atom. The largest absolute Gasteiger partial charge is 0.314 e. The summed E-state index contributed by atoms with van der Waals surface area (Å²) in [6.07, 6.45) is 0. The first kappa shape index (κ1) is 18.8. The summed E-state index contributed by atoms with van der Waals surface area (Å²) in [4.78, 5) is 4.26. The van der Waals surface area contributed by atoms with Crippen molar-refractivity contribution in [3.8, 4) is 0 Å². The zero-order valence-electron chi connectivity index (χ0n) is 14.0. The van der Waals surface area contributed by atoms with Crippen LogP contribution in [0.5, 0.6) is 0 Å². The van der Waals surface area contributed by atoms with E-state index in [-0.39, 0.29) is 5.75 Å². The molecule has 126 valence electrons. The van der Waals surface area contributed by atoms with Crippen LogP contribution in [0.15, 0.2) is 0 Å². The van der Waals surface area contributed by atoms with Crippen molar-refractivity contribution in [3.63, 3.8) is 0 Å². The number of hydrogen-bond acceptors (Lipinski definition) is 5. The Balaban J connectivity index is 2.55. The minimum Gasteiger partial charge on any atom is -0.314 e. The second-order valence-corrected chi connectivity index (χ2v) is 8.55. The van der Waals surface area contributed by atoms with Crippen molar-refractivity contribution in [2.45, 2.75) is 13.8 Å². The molecule has 0 radical (unpaired) electrons. The molecule has 1 saturated heterocycles. The van der Waals surface area contributed by atoms with Gasteiger partial charge in [-0.1, -0.05) is 13.8 Å². The van der Waals surface area contributed by atoms with E-state index in [0.29, 0.717) is 25.6 Å². The van der Waals surface area contributed by atoms with E-state index < -0.39 is 10.0 Å². The van der Waals surface area contributed by atoms with Gasteiger partial charge in [0.15, 0.2) is 0 Å². The fourth-order valence-electron chi connectivity index (χ4n) is 2.37. The second-order valence-electron chi connectivity index (χ2n) is 6.46. The van der Waals surface area contributed by atoms with Crippen LogP contribution in [0, 0.1) is 5.92 Å². The van der Waals surface area contributed by atoms with E-state index in [0.717, 1.165) is 32.7 Å². The minimum atomic E-state index is -3.17. The Morgan fingerprint density at radius 2 is 1.76 bits per heavy atom. The van der Waals surface area contributed by atoms with Crippen LogP contribution >= 0.6 is 0 Å². The lowest BCUT2D eigenvalue weighted by Gasteiger charge is -2.29. The quantitative estimate of drug-likeness (QED) is 0.634. The van der Waals surface area contributed by atoms with Gasteiger partial charge in [0.25, 0.3) is 0 Å². The molecule has 0 aromatic carbocycles. The van der Waals surface area contributed by atoms with Gasteiger partial charge in [-0.25, -0.2) is 12.7 Å². The number of sulfonamides is 1. The fourth-order valence-corrected chi connectivity index (χ4v) is 4.00. The van der Waals surface area contributed by atoms with Gasteiger partial charge in [0.2, 0.25) is 10.0 Å². The van der Waals surface area contributed by atoms with Crippen LogP contribution in [-0.4, -0.2) is 94.7 Å². The Morgan fingerprint density at radius 3 is 2.29 bits per heavy atom. The van der Waals surface area contributed by atoms with Gasteiger partial charge in [0.05, 0.1) is 5.75 Å². The van der Waals surface area contributed by atoms with Crippen LogP contribution in [0.2, 0.25) is 0 Å². The maximum absolute atomic E-state index is 12.6. The SMILES string of the molecule is CC(C)CN(CCN(C)C)S(=O)(=O)CCN1CCNCC1. The summed E-state index contributed by atoms with van der Waals surface area (Å²) in [7, 11) is 0.778. The zero-order valence-corrected chi connectivity index (χ0v) is 14.8. The van der Waals surface area contributed by atoms with Gasteiger partial charge in [0.1, 0.15) is 0 Å². The van der Waals surface area contributed by atoms with Gasteiger partial charge in [-0.15, -0.1) is 0 Å². The van der Waals surface area contributed by atoms with Crippen LogP contribution in [-0.2, 0) is 10.0 Å². The first-order valence-electron chi connectivity index (χ1n) is 7.87.